The molecule has 0 aromatic heterocycles. The highest BCUT2D eigenvalue weighted by Crippen LogP contribution is 2.15. The summed E-state index contributed by atoms with van der Waals surface area (Å²) in [6.45, 7) is 3.33. The lowest BCUT2D eigenvalue weighted by Gasteiger charge is -2.06. The Kier molecular flexibility index (Phi) is 4.45. The van der Waals surface area contributed by atoms with Gasteiger partial charge in [-0.05, 0) is 24.3 Å². The lowest BCUT2D eigenvalue weighted by Crippen LogP contribution is -2.11. The van der Waals surface area contributed by atoms with E-state index in [1.807, 2.05) is 0 Å². The summed E-state index contributed by atoms with van der Waals surface area (Å²) < 4.78 is 0. The molecule has 0 spiro atoms. The van der Waals surface area contributed by atoms with Gasteiger partial charge in [0, 0.05) is 11.4 Å². The number of hydrogen-bond donors (Lipinski definition) is 2. The molecule has 0 unspecified atom stereocenters. The minimum Gasteiger partial charge on any atom is -0.325 e. The Morgan fingerprint density at radius 2 is 2.00 bits per heavy atom. The molecule has 0 aliphatic rings. The van der Waals surface area contributed by atoms with E-state index in [2.05, 4.69) is 17.2 Å². The van der Waals surface area contributed by atoms with Gasteiger partial charge in [0.05, 0.1) is 6.07 Å². The van der Waals surface area contributed by atoms with Gasteiger partial charge < -0.3 is 10.6 Å². The summed E-state index contributed by atoms with van der Waals surface area (Å²) >= 11 is 0. The molecule has 1 rings (SSSR count). The summed E-state index contributed by atoms with van der Waals surface area (Å²) in [6, 6.07) is 8.37. The SMILES string of the molecule is C=CC(=O)Nc1cccc(NC(=O)CC#N)c1. The van der Waals surface area contributed by atoms with Crippen molar-refractivity contribution in [3.63, 3.8) is 0 Å². The van der Waals surface area contributed by atoms with Gasteiger partial charge in [-0.25, -0.2) is 0 Å². The molecular weight excluding hydrogens is 218 g/mol. The van der Waals surface area contributed by atoms with Crippen molar-refractivity contribution in [2.24, 2.45) is 0 Å². The smallest absolute Gasteiger partial charge is 0.247 e. The minimum absolute atomic E-state index is 0.205. The molecule has 2 amide bonds. The van der Waals surface area contributed by atoms with Gasteiger partial charge in [0.15, 0.2) is 0 Å². The second kappa shape index (κ2) is 6.08. The molecule has 0 fully saturated rings. The highest BCUT2D eigenvalue weighted by molar-refractivity contribution is 5.99. The van der Waals surface area contributed by atoms with Crippen LogP contribution in [0.3, 0.4) is 0 Å². The van der Waals surface area contributed by atoms with E-state index < -0.39 is 0 Å². The number of anilines is 2. The third-order valence-corrected chi connectivity index (χ3v) is 1.84. The Labute approximate surface area is 98.7 Å². The van der Waals surface area contributed by atoms with Crippen LogP contribution in [0.1, 0.15) is 6.42 Å². The second-order valence-electron chi connectivity index (χ2n) is 3.16. The number of rotatable bonds is 4. The van der Waals surface area contributed by atoms with E-state index in [0.29, 0.717) is 11.4 Å². The van der Waals surface area contributed by atoms with E-state index in [0.717, 1.165) is 6.08 Å². The van der Waals surface area contributed by atoms with Gasteiger partial charge in [-0.3, -0.25) is 9.59 Å². The summed E-state index contributed by atoms with van der Waals surface area (Å²) in [5, 5.41) is 13.4. The summed E-state index contributed by atoms with van der Waals surface area (Å²) in [5.41, 5.74) is 1.07. The van der Waals surface area contributed by atoms with Crippen LogP contribution in [0.4, 0.5) is 11.4 Å². The molecule has 17 heavy (non-hydrogen) atoms. The van der Waals surface area contributed by atoms with Crippen LogP contribution >= 0.6 is 0 Å². The molecular formula is C12H11N3O2. The topological polar surface area (TPSA) is 82.0 Å². The fourth-order valence-electron chi connectivity index (χ4n) is 1.14. The van der Waals surface area contributed by atoms with E-state index >= 15 is 0 Å². The third-order valence-electron chi connectivity index (χ3n) is 1.84. The zero-order chi connectivity index (χ0) is 12.7. The zero-order valence-corrected chi connectivity index (χ0v) is 9.06. The predicted molar refractivity (Wildman–Crippen MR) is 64.1 cm³/mol. The first-order valence-electron chi connectivity index (χ1n) is 4.86. The van der Waals surface area contributed by atoms with Gasteiger partial charge >= 0.3 is 0 Å². The first kappa shape index (κ1) is 12.5. The van der Waals surface area contributed by atoms with Crippen molar-refractivity contribution in [3.05, 3.63) is 36.9 Å². The maximum absolute atomic E-state index is 11.2. The summed E-state index contributed by atoms with van der Waals surface area (Å²) in [7, 11) is 0. The molecule has 2 N–H and O–H groups in total. The van der Waals surface area contributed by atoms with Crippen LogP contribution in [-0.4, -0.2) is 11.8 Å². The Morgan fingerprint density at radius 1 is 1.35 bits per heavy atom. The first-order valence-corrected chi connectivity index (χ1v) is 4.86. The molecule has 0 aliphatic heterocycles. The lowest BCUT2D eigenvalue weighted by atomic mass is 10.2. The molecule has 5 heteroatoms. The van der Waals surface area contributed by atoms with Crippen molar-refractivity contribution in [3.8, 4) is 6.07 Å². The number of hydrogen-bond acceptors (Lipinski definition) is 3. The molecule has 0 heterocycles. The lowest BCUT2D eigenvalue weighted by molar-refractivity contribution is -0.115. The fourth-order valence-corrected chi connectivity index (χ4v) is 1.14. The van der Waals surface area contributed by atoms with Crippen LogP contribution in [0, 0.1) is 11.3 Å². The Hall–Kier alpha value is -2.61. The van der Waals surface area contributed by atoms with Crippen molar-refractivity contribution in [1.82, 2.24) is 0 Å². The number of nitrogens with one attached hydrogen (secondary N) is 2. The van der Waals surface area contributed by atoms with E-state index in [1.165, 1.54) is 0 Å². The van der Waals surface area contributed by atoms with Crippen LogP contribution in [0.2, 0.25) is 0 Å². The number of benzene rings is 1. The number of carbonyl (C=O) groups excluding carboxylic acids is 2. The normalized spacial score (nSPS) is 8.88. The van der Waals surface area contributed by atoms with Gasteiger partial charge in [-0.1, -0.05) is 12.6 Å². The van der Waals surface area contributed by atoms with Crippen LogP contribution in [0.5, 0.6) is 0 Å². The molecule has 0 saturated carbocycles. The van der Waals surface area contributed by atoms with Crippen molar-refractivity contribution in [2.45, 2.75) is 6.42 Å². The van der Waals surface area contributed by atoms with Crippen molar-refractivity contribution in [1.29, 1.82) is 5.26 Å². The van der Waals surface area contributed by atoms with E-state index in [1.54, 1.807) is 30.3 Å². The minimum atomic E-state index is -0.389. The number of nitriles is 1. The summed E-state index contributed by atoms with van der Waals surface area (Å²) in [6.07, 6.45) is 0.949. The van der Waals surface area contributed by atoms with Crippen molar-refractivity contribution < 1.29 is 9.59 Å². The molecule has 0 radical (unpaired) electrons. The van der Waals surface area contributed by atoms with Gasteiger partial charge in [0.1, 0.15) is 6.42 Å². The first-order chi connectivity index (χ1) is 8.15. The monoisotopic (exact) mass is 229 g/mol. The van der Waals surface area contributed by atoms with Crippen LogP contribution < -0.4 is 10.6 Å². The van der Waals surface area contributed by atoms with E-state index in [-0.39, 0.29) is 18.2 Å². The van der Waals surface area contributed by atoms with Crippen molar-refractivity contribution >= 4 is 23.2 Å². The zero-order valence-electron chi connectivity index (χ0n) is 9.06. The van der Waals surface area contributed by atoms with Gasteiger partial charge in [0.25, 0.3) is 0 Å². The molecule has 0 aliphatic carbocycles. The van der Waals surface area contributed by atoms with Crippen LogP contribution in [0.25, 0.3) is 0 Å². The van der Waals surface area contributed by atoms with E-state index in [4.69, 9.17) is 5.26 Å². The largest absolute Gasteiger partial charge is 0.325 e. The highest BCUT2D eigenvalue weighted by Gasteiger charge is 2.02. The predicted octanol–water partition coefficient (Wildman–Crippen LogP) is 1.66. The fraction of sp³-hybridized carbons (Fsp3) is 0.0833. The molecule has 1 aromatic rings. The van der Waals surface area contributed by atoms with E-state index in [9.17, 15) is 9.59 Å². The van der Waals surface area contributed by atoms with Crippen molar-refractivity contribution in [2.75, 3.05) is 10.6 Å². The third kappa shape index (κ3) is 4.18. The number of carbonyl (C=O) groups is 2. The highest BCUT2D eigenvalue weighted by atomic mass is 16.2. The number of amides is 2. The average molecular weight is 229 g/mol. The molecule has 5 nitrogen and oxygen atoms in total. The standard InChI is InChI=1S/C12H11N3O2/c1-2-11(16)14-9-4-3-5-10(8-9)15-12(17)6-7-13/h2-5,8H,1,6H2,(H,14,16)(H,15,17). The van der Waals surface area contributed by atoms with Gasteiger partial charge in [-0.2, -0.15) is 5.26 Å². The molecule has 0 atom stereocenters. The molecule has 86 valence electrons. The summed E-state index contributed by atoms with van der Waals surface area (Å²) in [4.78, 5) is 22.2. The van der Waals surface area contributed by atoms with Gasteiger partial charge in [-0.15, -0.1) is 0 Å². The number of nitrogens with zero attached hydrogens (tertiary/aromatic N) is 1. The maximum atomic E-state index is 11.2. The summed E-state index contributed by atoms with van der Waals surface area (Å²) in [5.74, 6) is -0.717. The Balaban J connectivity index is 2.72. The molecule has 1 aromatic carbocycles. The Morgan fingerprint density at radius 3 is 2.59 bits per heavy atom. The second-order valence-corrected chi connectivity index (χ2v) is 3.16. The Bertz CT molecular complexity index is 489. The molecule has 0 bridgehead atoms. The average Bonchev–Trinajstić information content (AvgIpc) is 2.29. The van der Waals surface area contributed by atoms with Crippen LogP contribution in [0.15, 0.2) is 36.9 Å². The maximum Gasteiger partial charge on any atom is 0.247 e. The van der Waals surface area contributed by atoms with Gasteiger partial charge in [0.2, 0.25) is 11.8 Å². The molecule has 0 saturated heterocycles. The van der Waals surface area contributed by atoms with Crippen LogP contribution in [-0.2, 0) is 9.59 Å². The quantitative estimate of drug-likeness (QED) is 0.770.